The lowest BCUT2D eigenvalue weighted by molar-refractivity contribution is 0.240. The second-order valence-electron chi connectivity index (χ2n) is 4.01. The van der Waals surface area contributed by atoms with Crippen molar-refractivity contribution < 1.29 is 5.11 Å². The van der Waals surface area contributed by atoms with Gasteiger partial charge in [0.15, 0.2) is 0 Å². The Kier molecular flexibility index (Phi) is 5.98. The highest BCUT2D eigenvalue weighted by atomic mass is 79.9. The SMILES string of the molecule is CN(C)CCNC(CO)c1ccccc1Br. The maximum Gasteiger partial charge on any atom is 0.0626 e. The molecule has 1 aromatic carbocycles. The molecule has 0 fully saturated rings. The molecule has 4 heteroatoms. The van der Waals surface area contributed by atoms with Gasteiger partial charge in [-0.15, -0.1) is 0 Å². The van der Waals surface area contributed by atoms with Crippen LogP contribution in [0.25, 0.3) is 0 Å². The molecule has 90 valence electrons. The monoisotopic (exact) mass is 286 g/mol. The van der Waals surface area contributed by atoms with Crippen LogP contribution >= 0.6 is 15.9 Å². The molecule has 0 spiro atoms. The minimum atomic E-state index is -0.00414. The highest BCUT2D eigenvalue weighted by Gasteiger charge is 2.11. The highest BCUT2D eigenvalue weighted by molar-refractivity contribution is 9.10. The summed E-state index contributed by atoms with van der Waals surface area (Å²) in [6.45, 7) is 1.93. The van der Waals surface area contributed by atoms with E-state index in [2.05, 4.69) is 26.1 Å². The van der Waals surface area contributed by atoms with Crippen molar-refractivity contribution in [2.24, 2.45) is 0 Å². The molecule has 16 heavy (non-hydrogen) atoms. The molecule has 2 N–H and O–H groups in total. The van der Waals surface area contributed by atoms with E-state index in [1.807, 2.05) is 38.4 Å². The van der Waals surface area contributed by atoms with Crippen LogP contribution in [0.4, 0.5) is 0 Å². The maximum atomic E-state index is 9.37. The van der Waals surface area contributed by atoms with E-state index in [0.29, 0.717) is 0 Å². The molecule has 0 aliphatic heterocycles. The Morgan fingerprint density at radius 1 is 1.38 bits per heavy atom. The number of rotatable bonds is 6. The van der Waals surface area contributed by atoms with Crippen molar-refractivity contribution in [2.75, 3.05) is 33.8 Å². The fourth-order valence-electron chi connectivity index (χ4n) is 1.49. The van der Waals surface area contributed by atoms with E-state index in [0.717, 1.165) is 23.1 Å². The van der Waals surface area contributed by atoms with E-state index in [1.54, 1.807) is 0 Å². The first-order valence-electron chi connectivity index (χ1n) is 5.38. The topological polar surface area (TPSA) is 35.5 Å². The molecule has 1 unspecified atom stereocenters. The van der Waals surface area contributed by atoms with Crippen LogP contribution in [0, 0.1) is 0 Å². The molecule has 0 saturated carbocycles. The summed E-state index contributed by atoms with van der Waals surface area (Å²) in [5.74, 6) is 0. The first-order valence-corrected chi connectivity index (χ1v) is 6.18. The van der Waals surface area contributed by atoms with Crippen LogP contribution in [0.15, 0.2) is 28.7 Å². The summed E-state index contributed by atoms with van der Waals surface area (Å²) >= 11 is 3.50. The van der Waals surface area contributed by atoms with E-state index >= 15 is 0 Å². The van der Waals surface area contributed by atoms with Crippen molar-refractivity contribution in [1.29, 1.82) is 0 Å². The second kappa shape index (κ2) is 7.01. The Labute approximate surface area is 106 Å². The van der Waals surface area contributed by atoms with Crippen molar-refractivity contribution in [3.8, 4) is 0 Å². The molecule has 0 aliphatic carbocycles. The van der Waals surface area contributed by atoms with Crippen molar-refractivity contribution in [1.82, 2.24) is 10.2 Å². The van der Waals surface area contributed by atoms with Gasteiger partial charge in [-0.3, -0.25) is 0 Å². The standard InChI is InChI=1S/C12H19BrN2O/c1-15(2)8-7-14-12(9-16)10-5-3-4-6-11(10)13/h3-6,12,14,16H,7-9H2,1-2H3. The summed E-state index contributed by atoms with van der Waals surface area (Å²) in [4.78, 5) is 2.11. The molecule has 0 aromatic heterocycles. The summed E-state index contributed by atoms with van der Waals surface area (Å²) in [6, 6.07) is 7.97. The Morgan fingerprint density at radius 2 is 2.06 bits per heavy atom. The minimum Gasteiger partial charge on any atom is -0.394 e. The number of benzene rings is 1. The number of hydrogen-bond donors (Lipinski definition) is 2. The lowest BCUT2D eigenvalue weighted by Gasteiger charge is -2.19. The third-order valence-electron chi connectivity index (χ3n) is 2.41. The normalized spacial score (nSPS) is 13.1. The lowest BCUT2D eigenvalue weighted by atomic mass is 10.1. The van der Waals surface area contributed by atoms with Crippen LogP contribution in [0.3, 0.4) is 0 Å². The van der Waals surface area contributed by atoms with Crippen LogP contribution < -0.4 is 5.32 Å². The second-order valence-corrected chi connectivity index (χ2v) is 4.87. The molecular weight excluding hydrogens is 268 g/mol. The largest absolute Gasteiger partial charge is 0.394 e. The quantitative estimate of drug-likeness (QED) is 0.835. The van der Waals surface area contributed by atoms with Crippen molar-refractivity contribution in [2.45, 2.75) is 6.04 Å². The van der Waals surface area contributed by atoms with Gasteiger partial charge < -0.3 is 15.3 Å². The summed E-state index contributed by atoms with van der Waals surface area (Å²) in [6.07, 6.45) is 0. The van der Waals surface area contributed by atoms with Crippen molar-refractivity contribution >= 4 is 15.9 Å². The van der Waals surface area contributed by atoms with Crippen molar-refractivity contribution in [3.63, 3.8) is 0 Å². The molecule has 0 heterocycles. The number of hydrogen-bond acceptors (Lipinski definition) is 3. The van der Waals surface area contributed by atoms with E-state index in [4.69, 9.17) is 0 Å². The van der Waals surface area contributed by atoms with Gasteiger partial charge in [-0.05, 0) is 25.7 Å². The van der Waals surface area contributed by atoms with E-state index < -0.39 is 0 Å². The Hall–Kier alpha value is -0.420. The summed E-state index contributed by atoms with van der Waals surface area (Å²) in [5.41, 5.74) is 1.10. The molecule has 0 saturated heterocycles. The molecular formula is C12H19BrN2O. The van der Waals surface area contributed by atoms with Gasteiger partial charge in [0.2, 0.25) is 0 Å². The average molecular weight is 287 g/mol. The third-order valence-corrected chi connectivity index (χ3v) is 3.14. The predicted molar refractivity (Wildman–Crippen MR) is 70.5 cm³/mol. The van der Waals surface area contributed by atoms with Crippen LogP contribution in [-0.2, 0) is 0 Å². The smallest absolute Gasteiger partial charge is 0.0626 e. The van der Waals surface area contributed by atoms with Crippen LogP contribution in [0.1, 0.15) is 11.6 Å². The molecule has 3 nitrogen and oxygen atoms in total. The number of nitrogens with zero attached hydrogens (tertiary/aromatic N) is 1. The van der Waals surface area contributed by atoms with Gasteiger partial charge in [-0.1, -0.05) is 34.1 Å². The molecule has 0 amide bonds. The Balaban J connectivity index is 2.57. The minimum absolute atomic E-state index is 0.00414. The molecule has 0 radical (unpaired) electrons. The first kappa shape index (κ1) is 13.6. The van der Waals surface area contributed by atoms with Gasteiger partial charge >= 0.3 is 0 Å². The maximum absolute atomic E-state index is 9.37. The summed E-state index contributed by atoms with van der Waals surface area (Å²) < 4.78 is 1.03. The van der Waals surface area contributed by atoms with Gasteiger partial charge in [-0.2, -0.15) is 0 Å². The van der Waals surface area contributed by atoms with E-state index in [9.17, 15) is 5.11 Å². The van der Waals surface area contributed by atoms with Gasteiger partial charge in [0, 0.05) is 17.6 Å². The molecule has 1 rings (SSSR count). The van der Waals surface area contributed by atoms with E-state index in [1.165, 1.54) is 0 Å². The zero-order valence-corrected chi connectivity index (χ0v) is 11.4. The highest BCUT2D eigenvalue weighted by Crippen LogP contribution is 2.22. The molecule has 1 atom stereocenters. The first-order chi connectivity index (χ1) is 7.65. The number of aliphatic hydroxyl groups is 1. The fraction of sp³-hybridized carbons (Fsp3) is 0.500. The summed E-state index contributed by atoms with van der Waals surface area (Å²) in [5, 5.41) is 12.7. The third kappa shape index (κ3) is 4.22. The van der Waals surface area contributed by atoms with Gasteiger partial charge in [0.25, 0.3) is 0 Å². The molecule has 1 aromatic rings. The number of likely N-dealkylation sites (N-methyl/N-ethyl adjacent to an activating group) is 1. The Bertz CT molecular complexity index is 318. The van der Waals surface area contributed by atoms with Crippen molar-refractivity contribution in [3.05, 3.63) is 34.3 Å². The average Bonchev–Trinajstić information content (AvgIpc) is 2.25. The van der Waals surface area contributed by atoms with Crippen LogP contribution in [-0.4, -0.2) is 43.8 Å². The Morgan fingerprint density at radius 3 is 2.62 bits per heavy atom. The zero-order valence-electron chi connectivity index (χ0n) is 9.78. The summed E-state index contributed by atoms with van der Waals surface area (Å²) in [7, 11) is 4.07. The predicted octanol–water partition coefficient (Wildman–Crippen LogP) is 1.63. The molecule has 0 aliphatic rings. The van der Waals surface area contributed by atoms with Gasteiger partial charge in [0.1, 0.15) is 0 Å². The van der Waals surface area contributed by atoms with Gasteiger partial charge in [0.05, 0.1) is 12.6 Å². The fourth-order valence-corrected chi connectivity index (χ4v) is 2.05. The van der Waals surface area contributed by atoms with Crippen LogP contribution in [0.5, 0.6) is 0 Å². The van der Waals surface area contributed by atoms with Gasteiger partial charge in [-0.25, -0.2) is 0 Å². The zero-order chi connectivity index (χ0) is 12.0. The number of halogens is 1. The molecule has 0 bridgehead atoms. The number of aliphatic hydroxyl groups excluding tert-OH is 1. The van der Waals surface area contributed by atoms with E-state index in [-0.39, 0.29) is 12.6 Å². The van der Waals surface area contributed by atoms with Crippen LogP contribution in [0.2, 0.25) is 0 Å². The number of nitrogens with one attached hydrogen (secondary N) is 1. The lowest BCUT2D eigenvalue weighted by Crippen LogP contribution is -2.31.